The Bertz CT molecular complexity index is 606. The van der Waals surface area contributed by atoms with E-state index < -0.39 is 0 Å². The minimum absolute atomic E-state index is 0. The smallest absolute Gasteiger partial charge is 0.234 e. The molecule has 0 radical (unpaired) electrons. The van der Waals surface area contributed by atoms with Crippen LogP contribution in [0.4, 0.5) is 0 Å². The standard InChI is InChI=1S/C14H15N3O.ClH/c15-14(6-3-7-14)13-16-12(18-17-13)11-8-9-4-1-2-5-10(9)11;/h1-2,4-5,11H,3,6-8,15H2;1H. The molecule has 0 bridgehead atoms. The molecule has 5 heteroatoms. The maximum atomic E-state index is 6.21. The van der Waals surface area contributed by atoms with E-state index in [1.165, 1.54) is 11.1 Å². The lowest BCUT2D eigenvalue weighted by Crippen LogP contribution is -2.44. The van der Waals surface area contributed by atoms with Crippen LogP contribution in [-0.2, 0) is 12.0 Å². The lowest BCUT2D eigenvalue weighted by Gasteiger charge is -2.34. The summed E-state index contributed by atoms with van der Waals surface area (Å²) in [4.78, 5) is 4.52. The van der Waals surface area contributed by atoms with E-state index in [9.17, 15) is 0 Å². The van der Waals surface area contributed by atoms with Gasteiger partial charge in [0, 0.05) is 0 Å². The van der Waals surface area contributed by atoms with Crippen molar-refractivity contribution in [3.8, 4) is 0 Å². The first-order chi connectivity index (χ1) is 8.76. The van der Waals surface area contributed by atoms with E-state index in [4.69, 9.17) is 10.3 Å². The number of halogens is 1. The third-order valence-corrected chi connectivity index (χ3v) is 4.29. The molecule has 2 N–H and O–H groups in total. The van der Waals surface area contributed by atoms with Gasteiger partial charge in [-0.1, -0.05) is 29.4 Å². The van der Waals surface area contributed by atoms with Gasteiger partial charge in [-0.05, 0) is 36.8 Å². The highest BCUT2D eigenvalue weighted by Crippen LogP contribution is 2.41. The van der Waals surface area contributed by atoms with Crippen molar-refractivity contribution in [2.45, 2.75) is 37.1 Å². The fourth-order valence-electron chi connectivity index (χ4n) is 2.84. The molecule has 2 aliphatic carbocycles. The van der Waals surface area contributed by atoms with Gasteiger partial charge in [-0.2, -0.15) is 4.98 Å². The number of benzene rings is 1. The van der Waals surface area contributed by atoms with Crippen molar-refractivity contribution < 1.29 is 4.52 Å². The van der Waals surface area contributed by atoms with Gasteiger partial charge in [-0.15, -0.1) is 12.4 Å². The Kier molecular flexibility index (Phi) is 2.87. The molecule has 2 aromatic rings. The number of rotatable bonds is 2. The topological polar surface area (TPSA) is 64.9 Å². The lowest BCUT2D eigenvalue weighted by molar-refractivity contribution is 0.228. The molecular weight excluding hydrogens is 262 g/mol. The Balaban J connectivity index is 0.00000110. The second kappa shape index (κ2) is 4.32. The van der Waals surface area contributed by atoms with Crippen LogP contribution in [0.5, 0.6) is 0 Å². The Labute approximate surface area is 117 Å². The van der Waals surface area contributed by atoms with Gasteiger partial charge in [0.15, 0.2) is 5.82 Å². The molecular formula is C14H16ClN3O. The number of fused-ring (bicyclic) bond motifs is 1. The minimum atomic E-state index is -0.328. The van der Waals surface area contributed by atoms with Crippen molar-refractivity contribution in [1.82, 2.24) is 10.1 Å². The highest BCUT2D eigenvalue weighted by atomic mass is 35.5. The molecule has 0 aliphatic heterocycles. The van der Waals surface area contributed by atoms with Crippen LogP contribution in [0.2, 0.25) is 0 Å². The SMILES string of the molecule is Cl.NC1(c2noc(C3Cc4ccccc43)n2)CCC1. The van der Waals surface area contributed by atoms with Crippen molar-refractivity contribution in [2.75, 3.05) is 0 Å². The van der Waals surface area contributed by atoms with Gasteiger partial charge < -0.3 is 10.3 Å². The van der Waals surface area contributed by atoms with E-state index in [1.54, 1.807) is 0 Å². The first-order valence-corrected chi connectivity index (χ1v) is 6.47. The van der Waals surface area contributed by atoms with Gasteiger partial charge in [-0.25, -0.2) is 0 Å². The van der Waals surface area contributed by atoms with E-state index in [1.807, 2.05) is 0 Å². The predicted molar refractivity (Wildman–Crippen MR) is 73.3 cm³/mol. The Morgan fingerprint density at radius 1 is 1.26 bits per heavy atom. The Morgan fingerprint density at radius 2 is 2.05 bits per heavy atom. The number of nitrogens with zero attached hydrogens (tertiary/aromatic N) is 2. The summed E-state index contributed by atoms with van der Waals surface area (Å²) in [7, 11) is 0. The van der Waals surface area contributed by atoms with Crippen LogP contribution in [0, 0.1) is 0 Å². The van der Waals surface area contributed by atoms with Crippen LogP contribution in [-0.4, -0.2) is 10.1 Å². The number of hydrogen-bond donors (Lipinski definition) is 1. The van der Waals surface area contributed by atoms with Gasteiger partial charge in [0.25, 0.3) is 0 Å². The minimum Gasteiger partial charge on any atom is -0.339 e. The van der Waals surface area contributed by atoms with Crippen LogP contribution in [0.25, 0.3) is 0 Å². The van der Waals surface area contributed by atoms with Gasteiger partial charge in [0.2, 0.25) is 5.89 Å². The fraction of sp³-hybridized carbons (Fsp3) is 0.429. The van der Waals surface area contributed by atoms with Crippen LogP contribution in [0.3, 0.4) is 0 Å². The fourth-order valence-corrected chi connectivity index (χ4v) is 2.84. The first-order valence-electron chi connectivity index (χ1n) is 6.47. The van der Waals surface area contributed by atoms with Crippen molar-refractivity contribution >= 4 is 12.4 Å². The van der Waals surface area contributed by atoms with E-state index in [0.717, 1.165) is 31.6 Å². The maximum absolute atomic E-state index is 6.21. The van der Waals surface area contributed by atoms with Crippen molar-refractivity contribution in [3.05, 3.63) is 47.1 Å². The molecule has 1 aromatic heterocycles. The summed E-state index contributed by atoms with van der Waals surface area (Å²) >= 11 is 0. The zero-order valence-corrected chi connectivity index (χ0v) is 11.3. The molecule has 1 aromatic carbocycles. The number of aromatic nitrogens is 2. The molecule has 0 amide bonds. The average molecular weight is 278 g/mol. The highest BCUT2D eigenvalue weighted by Gasteiger charge is 2.40. The van der Waals surface area contributed by atoms with E-state index in [-0.39, 0.29) is 23.9 Å². The molecule has 1 heterocycles. The molecule has 1 fully saturated rings. The van der Waals surface area contributed by atoms with Crippen molar-refractivity contribution in [1.29, 1.82) is 0 Å². The highest BCUT2D eigenvalue weighted by molar-refractivity contribution is 5.85. The Hall–Kier alpha value is -1.39. The third-order valence-electron chi connectivity index (χ3n) is 4.29. The summed E-state index contributed by atoms with van der Waals surface area (Å²) in [5.74, 6) is 1.68. The first kappa shape index (κ1) is 12.6. The van der Waals surface area contributed by atoms with Gasteiger partial charge >= 0.3 is 0 Å². The molecule has 2 aliphatic rings. The normalized spacial score (nSPS) is 22.7. The summed E-state index contributed by atoms with van der Waals surface area (Å²) in [5, 5.41) is 4.07. The van der Waals surface area contributed by atoms with Gasteiger partial charge in [-0.3, -0.25) is 0 Å². The maximum Gasteiger partial charge on any atom is 0.234 e. The van der Waals surface area contributed by atoms with Crippen LogP contribution >= 0.6 is 12.4 Å². The van der Waals surface area contributed by atoms with Crippen LogP contribution in [0.15, 0.2) is 28.8 Å². The average Bonchev–Trinajstić information content (AvgIpc) is 2.77. The number of hydrogen-bond acceptors (Lipinski definition) is 4. The second-order valence-corrected chi connectivity index (χ2v) is 5.42. The zero-order chi connectivity index (χ0) is 12.2. The lowest BCUT2D eigenvalue weighted by atomic mass is 9.76. The predicted octanol–water partition coefficient (Wildman–Crippen LogP) is 2.52. The molecule has 4 rings (SSSR count). The monoisotopic (exact) mass is 277 g/mol. The molecule has 1 saturated carbocycles. The largest absolute Gasteiger partial charge is 0.339 e. The summed E-state index contributed by atoms with van der Waals surface area (Å²) in [5.41, 5.74) is 8.57. The van der Waals surface area contributed by atoms with Crippen LogP contribution < -0.4 is 5.73 Å². The quantitative estimate of drug-likeness (QED) is 0.916. The third kappa shape index (κ3) is 1.78. The van der Waals surface area contributed by atoms with E-state index >= 15 is 0 Å². The molecule has 4 nitrogen and oxygen atoms in total. The summed E-state index contributed by atoms with van der Waals surface area (Å²) in [6, 6.07) is 8.41. The van der Waals surface area contributed by atoms with Gasteiger partial charge in [0.05, 0.1) is 11.5 Å². The van der Waals surface area contributed by atoms with E-state index in [2.05, 4.69) is 34.4 Å². The molecule has 0 spiro atoms. The summed E-state index contributed by atoms with van der Waals surface area (Å²) < 4.78 is 5.41. The van der Waals surface area contributed by atoms with Crippen LogP contribution in [0.1, 0.15) is 48.0 Å². The molecule has 0 saturated heterocycles. The summed E-state index contributed by atoms with van der Waals surface area (Å²) in [6.45, 7) is 0. The second-order valence-electron chi connectivity index (χ2n) is 5.42. The van der Waals surface area contributed by atoms with Crippen molar-refractivity contribution in [3.63, 3.8) is 0 Å². The van der Waals surface area contributed by atoms with Gasteiger partial charge in [0.1, 0.15) is 0 Å². The zero-order valence-electron chi connectivity index (χ0n) is 10.5. The Morgan fingerprint density at radius 3 is 2.74 bits per heavy atom. The molecule has 1 atom stereocenters. The molecule has 100 valence electrons. The summed E-state index contributed by atoms with van der Waals surface area (Å²) in [6.07, 6.45) is 4.09. The molecule has 1 unspecified atom stereocenters. The number of nitrogens with two attached hydrogens (primary N) is 1. The molecule has 19 heavy (non-hydrogen) atoms. The van der Waals surface area contributed by atoms with Crippen molar-refractivity contribution in [2.24, 2.45) is 5.73 Å². The van der Waals surface area contributed by atoms with E-state index in [0.29, 0.717) is 5.82 Å².